The van der Waals surface area contributed by atoms with Crippen LogP contribution in [0.15, 0.2) is 0 Å². The normalized spacial score (nSPS) is 31.6. The third-order valence-electron chi connectivity index (χ3n) is 7.41. The summed E-state index contributed by atoms with van der Waals surface area (Å²) >= 11 is 24.7. The smallest absolute Gasteiger partial charge is 0.263 e. The summed E-state index contributed by atoms with van der Waals surface area (Å²) in [6, 6.07) is -1.06. The van der Waals surface area contributed by atoms with Crippen LogP contribution in [0.3, 0.4) is 0 Å². The number of carbonyl (C=O) groups excluding carboxylic acids is 2. The van der Waals surface area contributed by atoms with Crippen LogP contribution in [0.4, 0.5) is 0 Å². The van der Waals surface area contributed by atoms with Crippen molar-refractivity contribution in [1.82, 2.24) is 4.90 Å². The molecule has 1 atom stereocenters. The summed E-state index contributed by atoms with van der Waals surface area (Å²) in [6.45, 7) is 0. The number of aliphatic hydroxyl groups excluding tert-OH is 1. The quantitative estimate of drug-likeness (QED) is 0.158. The van der Waals surface area contributed by atoms with Gasteiger partial charge in [0, 0.05) is 39.0 Å². The van der Waals surface area contributed by atoms with Crippen molar-refractivity contribution in [2.45, 2.75) is 50.9 Å². The number of hydrogen-bond acceptors (Lipinski definition) is 4. The molecule has 2 amide bonds. The molecule has 4 saturated carbocycles. The first-order valence-electron chi connectivity index (χ1n) is 9.74. The van der Waals surface area contributed by atoms with Crippen molar-refractivity contribution in [3.8, 4) is 0 Å². The van der Waals surface area contributed by atoms with Gasteiger partial charge < -0.3 is 10.2 Å². The molecule has 2 N–H and O–H groups in total. The first kappa shape index (κ1) is 26.3. The number of benzene rings is 1. The molecule has 0 aromatic heterocycles. The molecule has 4 aliphatic carbocycles. The van der Waals surface area contributed by atoms with Gasteiger partial charge >= 0.3 is 0 Å². The molecule has 2 radical (unpaired) electrons. The van der Waals surface area contributed by atoms with Crippen LogP contribution in [0.2, 0.25) is 20.1 Å². The predicted molar refractivity (Wildman–Crippen MR) is 110 cm³/mol. The first-order valence-corrected chi connectivity index (χ1v) is 11.3. The van der Waals surface area contributed by atoms with Crippen LogP contribution in [-0.4, -0.2) is 39.3 Å². The molecule has 4 fully saturated rings. The molecular weight excluding hydrogens is 666 g/mol. The Labute approximate surface area is 225 Å². The van der Waals surface area contributed by atoms with E-state index in [9.17, 15) is 19.8 Å². The SMILES string of the molecule is O=C1c2c(Cl)c(Cl)c(Cl)c(Cl)c2C(=O)N1[C@H](C(O)O)C12CC3CC(CC(C3)C1)C2.[Rh].[Rh]. The summed E-state index contributed by atoms with van der Waals surface area (Å²) in [7, 11) is 0. The van der Waals surface area contributed by atoms with Gasteiger partial charge in [0.25, 0.3) is 11.8 Å². The number of nitrogens with zero attached hydrogens (tertiary/aromatic N) is 1. The largest absolute Gasteiger partial charge is 0.366 e. The predicted octanol–water partition coefficient (Wildman–Crippen LogP) is 4.79. The van der Waals surface area contributed by atoms with Gasteiger partial charge in [0.15, 0.2) is 6.29 Å². The third kappa shape index (κ3) is 3.78. The van der Waals surface area contributed by atoms with E-state index in [1.807, 2.05) is 0 Å². The van der Waals surface area contributed by atoms with Crippen molar-refractivity contribution in [2.75, 3.05) is 0 Å². The van der Waals surface area contributed by atoms with Crippen molar-refractivity contribution in [3.63, 3.8) is 0 Å². The van der Waals surface area contributed by atoms with Crippen LogP contribution >= 0.6 is 46.4 Å². The van der Waals surface area contributed by atoms with Crippen LogP contribution in [0.25, 0.3) is 0 Å². The number of rotatable bonds is 3. The molecule has 1 aliphatic heterocycles. The second-order valence-electron chi connectivity index (χ2n) is 9.12. The molecule has 0 saturated heterocycles. The number of aliphatic hydroxyl groups is 2. The second kappa shape index (κ2) is 9.04. The second-order valence-corrected chi connectivity index (χ2v) is 10.6. The van der Waals surface area contributed by atoms with E-state index in [-0.39, 0.29) is 70.2 Å². The van der Waals surface area contributed by atoms with Crippen molar-refractivity contribution in [2.24, 2.45) is 23.2 Å². The van der Waals surface area contributed by atoms with E-state index in [1.165, 1.54) is 0 Å². The minimum absolute atomic E-state index is 0. The molecule has 174 valence electrons. The number of amides is 2. The maximum Gasteiger partial charge on any atom is 0.263 e. The van der Waals surface area contributed by atoms with Gasteiger partial charge in [0.1, 0.15) is 0 Å². The summed E-state index contributed by atoms with van der Waals surface area (Å²) in [5.74, 6) is 0.0739. The van der Waals surface area contributed by atoms with Crippen LogP contribution in [-0.2, 0) is 39.0 Å². The molecule has 0 unspecified atom stereocenters. The van der Waals surface area contributed by atoms with E-state index in [0.29, 0.717) is 17.8 Å². The zero-order valence-electron chi connectivity index (χ0n) is 16.0. The van der Waals surface area contributed by atoms with Gasteiger partial charge in [-0.15, -0.1) is 0 Å². The molecular formula is C20H19Cl4NO4Rh2. The Kier molecular flexibility index (Phi) is 7.67. The van der Waals surface area contributed by atoms with Crippen molar-refractivity contribution >= 4 is 58.2 Å². The van der Waals surface area contributed by atoms with Crippen LogP contribution in [0.1, 0.15) is 59.2 Å². The number of carbonyl (C=O) groups is 2. The average molecular weight is 685 g/mol. The van der Waals surface area contributed by atoms with E-state index in [2.05, 4.69) is 0 Å². The maximum atomic E-state index is 13.3. The summed E-state index contributed by atoms with van der Waals surface area (Å²) in [6.07, 6.45) is 3.87. The molecule has 1 aromatic carbocycles. The summed E-state index contributed by atoms with van der Waals surface area (Å²) in [5.41, 5.74) is -0.749. The fourth-order valence-electron chi connectivity index (χ4n) is 6.88. The minimum Gasteiger partial charge on any atom is -0.366 e. The van der Waals surface area contributed by atoms with Gasteiger partial charge in [-0.25, -0.2) is 0 Å². The molecule has 31 heavy (non-hydrogen) atoms. The zero-order valence-corrected chi connectivity index (χ0v) is 22.3. The molecule has 1 heterocycles. The maximum absolute atomic E-state index is 13.3. The van der Waals surface area contributed by atoms with Gasteiger partial charge in [-0.2, -0.15) is 0 Å². The van der Waals surface area contributed by atoms with E-state index in [4.69, 9.17) is 46.4 Å². The Morgan fingerprint density at radius 3 is 1.42 bits per heavy atom. The molecule has 6 rings (SSSR count). The number of halogens is 4. The van der Waals surface area contributed by atoms with Crippen LogP contribution in [0, 0.1) is 23.2 Å². The molecule has 11 heteroatoms. The van der Waals surface area contributed by atoms with Gasteiger partial charge in [-0.3, -0.25) is 14.5 Å². The third-order valence-corrected chi connectivity index (χ3v) is 9.21. The first-order chi connectivity index (χ1) is 13.6. The Morgan fingerprint density at radius 2 is 1.10 bits per heavy atom. The van der Waals surface area contributed by atoms with Gasteiger partial charge in [-0.1, -0.05) is 46.4 Å². The number of imide groups is 1. The Bertz CT molecular complexity index is 876. The topological polar surface area (TPSA) is 77.8 Å². The standard InChI is InChI=1S/C20H19Cl4NO4.2Rh/c21-12-10-11(13(22)15(24)14(12)23)18(27)25(17(10)26)16(19(28)29)20-4-7-1-8(5-20)3-9(2-7)6-20;;/h7-9,16,19,28-29H,1-6H2;;/t7?,8?,9?,16-,20?;;/m1../s1. The Hall–Kier alpha value is 0.687. The Balaban J connectivity index is 0.00000136. The summed E-state index contributed by atoms with van der Waals surface area (Å²) in [5, 5.41) is 20.3. The fraction of sp³-hybridized carbons (Fsp3) is 0.600. The average Bonchev–Trinajstić information content (AvgIpc) is 2.88. The fourth-order valence-corrected chi connectivity index (χ4v) is 7.90. The van der Waals surface area contributed by atoms with Crippen molar-refractivity contribution in [1.29, 1.82) is 0 Å². The number of hydrogen-bond donors (Lipinski definition) is 2. The van der Waals surface area contributed by atoms with Gasteiger partial charge in [0.2, 0.25) is 0 Å². The van der Waals surface area contributed by atoms with E-state index in [0.717, 1.165) is 43.4 Å². The van der Waals surface area contributed by atoms with Crippen molar-refractivity contribution in [3.05, 3.63) is 31.2 Å². The number of fused-ring (bicyclic) bond motifs is 1. The van der Waals surface area contributed by atoms with E-state index >= 15 is 0 Å². The molecule has 1 aromatic rings. The summed E-state index contributed by atoms with van der Waals surface area (Å²) < 4.78 is 0. The minimum atomic E-state index is -1.86. The van der Waals surface area contributed by atoms with Crippen LogP contribution < -0.4 is 0 Å². The van der Waals surface area contributed by atoms with E-state index < -0.39 is 29.6 Å². The summed E-state index contributed by atoms with van der Waals surface area (Å²) in [4.78, 5) is 27.6. The zero-order chi connectivity index (χ0) is 20.8. The molecule has 5 nitrogen and oxygen atoms in total. The van der Waals surface area contributed by atoms with Gasteiger partial charge in [-0.05, 0) is 61.7 Å². The monoisotopic (exact) mass is 683 g/mol. The van der Waals surface area contributed by atoms with Crippen molar-refractivity contribution < 1.29 is 58.8 Å². The molecule has 5 aliphatic rings. The molecule has 4 bridgehead atoms. The Morgan fingerprint density at radius 1 is 0.742 bits per heavy atom. The van der Waals surface area contributed by atoms with E-state index in [1.54, 1.807) is 0 Å². The van der Waals surface area contributed by atoms with Gasteiger partial charge in [0.05, 0.1) is 37.3 Å². The molecule has 0 spiro atoms. The van der Waals surface area contributed by atoms with Crippen LogP contribution in [0.5, 0.6) is 0 Å².